The number of anilines is 1. The first-order valence-corrected chi connectivity index (χ1v) is 4.51. The molecule has 2 N–H and O–H groups in total. The molecule has 2 heterocycles. The average molecular weight is 205 g/mol. The number of nitrogens with one attached hydrogen (secondary N) is 2. The lowest BCUT2D eigenvalue weighted by Gasteiger charge is -2.03. The molecule has 0 atom stereocenters. The third-order valence-corrected chi connectivity index (χ3v) is 2.04. The van der Waals surface area contributed by atoms with E-state index in [0.717, 1.165) is 5.82 Å². The Kier molecular flexibility index (Phi) is 2.49. The highest BCUT2D eigenvalue weighted by Crippen LogP contribution is 1.97. The molecule has 0 saturated carbocycles. The Labute approximate surface area is 86.0 Å². The summed E-state index contributed by atoms with van der Waals surface area (Å²) in [5, 5.41) is 2.92. The minimum atomic E-state index is -0.230. The first-order valence-electron chi connectivity index (χ1n) is 4.51. The highest BCUT2D eigenvalue weighted by molar-refractivity contribution is 5.30. The normalized spacial score (nSPS) is 10.2. The number of H-pyrrole nitrogens is 1. The Hall–Kier alpha value is -2.11. The molecule has 0 aliphatic carbocycles. The molecule has 0 amide bonds. The van der Waals surface area contributed by atoms with Crippen molar-refractivity contribution in [2.24, 2.45) is 7.05 Å². The van der Waals surface area contributed by atoms with Gasteiger partial charge < -0.3 is 14.9 Å². The molecule has 6 nitrogen and oxygen atoms in total. The van der Waals surface area contributed by atoms with Crippen LogP contribution in [0.5, 0.6) is 0 Å². The van der Waals surface area contributed by atoms with E-state index in [-0.39, 0.29) is 5.56 Å². The van der Waals surface area contributed by atoms with Crippen LogP contribution in [-0.2, 0) is 13.6 Å². The number of hydrogen-bond acceptors (Lipinski definition) is 4. The van der Waals surface area contributed by atoms with Crippen molar-refractivity contribution in [1.82, 2.24) is 19.5 Å². The van der Waals surface area contributed by atoms with Gasteiger partial charge in [-0.2, -0.15) is 0 Å². The first kappa shape index (κ1) is 9.45. The fourth-order valence-electron chi connectivity index (χ4n) is 1.21. The van der Waals surface area contributed by atoms with Crippen molar-refractivity contribution in [2.45, 2.75) is 6.54 Å². The van der Waals surface area contributed by atoms with Gasteiger partial charge in [0, 0.05) is 31.8 Å². The number of hydrogen-bond donors (Lipinski definition) is 2. The molecule has 0 fully saturated rings. The second kappa shape index (κ2) is 3.95. The van der Waals surface area contributed by atoms with Crippen LogP contribution in [0.4, 0.5) is 5.82 Å². The smallest absolute Gasteiger partial charge is 0.290 e. The van der Waals surface area contributed by atoms with Crippen LogP contribution in [-0.4, -0.2) is 19.5 Å². The van der Waals surface area contributed by atoms with Gasteiger partial charge in [-0.3, -0.25) is 4.79 Å². The molecular formula is C9H11N5O. The topological polar surface area (TPSA) is 75.6 Å². The van der Waals surface area contributed by atoms with E-state index in [0.29, 0.717) is 12.4 Å². The molecule has 2 aromatic heterocycles. The van der Waals surface area contributed by atoms with Crippen LogP contribution >= 0.6 is 0 Å². The number of rotatable bonds is 3. The van der Waals surface area contributed by atoms with Gasteiger partial charge in [0.15, 0.2) is 5.82 Å². The molecule has 0 radical (unpaired) electrons. The summed E-state index contributed by atoms with van der Waals surface area (Å²) < 4.78 is 1.88. The maximum Gasteiger partial charge on any atom is 0.290 e. The minimum Gasteiger partial charge on any atom is -0.358 e. The molecule has 0 spiro atoms. The van der Waals surface area contributed by atoms with E-state index < -0.39 is 0 Å². The van der Waals surface area contributed by atoms with Gasteiger partial charge in [0.1, 0.15) is 5.82 Å². The Morgan fingerprint density at radius 3 is 3.00 bits per heavy atom. The number of imidazole rings is 1. The van der Waals surface area contributed by atoms with Crippen molar-refractivity contribution in [1.29, 1.82) is 0 Å². The molecule has 2 rings (SSSR count). The van der Waals surface area contributed by atoms with Crippen molar-refractivity contribution >= 4 is 5.82 Å². The van der Waals surface area contributed by atoms with Gasteiger partial charge in [-0.15, -0.1) is 0 Å². The fraction of sp³-hybridized carbons (Fsp3) is 0.222. The molecule has 2 aromatic rings. The Balaban J connectivity index is 2.09. The molecule has 0 bridgehead atoms. The summed E-state index contributed by atoms with van der Waals surface area (Å²) in [5.74, 6) is 1.15. The monoisotopic (exact) mass is 205 g/mol. The van der Waals surface area contributed by atoms with E-state index in [1.54, 1.807) is 6.20 Å². The summed E-state index contributed by atoms with van der Waals surface area (Å²) in [6.45, 7) is 0.476. The van der Waals surface area contributed by atoms with Crippen LogP contribution in [0.15, 0.2) is 29.6 Å². The van der Waals surface area contributed by atoms with Gasteiger partial charge in [0.25, 0.3) is 5.56 Å². The maximum atomic E-state index is 11.3. The average Bonchev–Trinajstić information content (AvgIpc) is 2.63. The van der Waals surface area contributed by atoms with Gasteiger partial charge in [0.05, 0.1) is 6.54 Å². The lowest BCUT2D eigenvalue weighted by molar-refractivity contribution is 0.809. The van der Waals surface area contributed by atoms with Crippen molar-refractivity contribution in [3.8, 4) is 0 Å². The van der Waals surface area contributed by atoms with E-state index in [9.17, 15) is 4.79 Å². The summed E-state index contributed by atoms with van der Waals surface area (Å²) in [4.78, 5) is 21.8. The van der Waals surface area contributed by atoms with Gasteiger partial charge in [0.2, 0.25) is 0 Å². The zero-order valence-corrected chi connectivity index (χ0v) is 8.27. The molecule has 0 unspecified atom stereocenters. The second-order valence-corrected chi connectivity index (χ2v) is 3.07. The molecule has 0 saturated heterocycles. The van der Waals surface area contributed by atoms with E-state index >= 15 is 0 Å². The lowest BCUT2D eigenvalue weighted by Crippen LogP contribution is -2.16. The molecular weight excluding hydrogens is 194 g/mol. The number of nitrogens with zero attached hydrogens (tertiary/aromatic N) is 3. The fourth-order valence-corrected chi connectivity index (χ4v) is 1.21. The zero-order chi connectivity index (χ0) is 10.7. The van der Waals surface area contributed by atoms with Gasteiger partial charge in [-0.05, 0) is 0 Å². The van der Waals surface area contributed by atoms with Crippen LogP contribution < -0.4 is 10.9 Å². The van der Waals surface area contributed by atoms with E-state index in [1.807, 2.05) is 17.8 Å². The first-order chi connectivity index (χ1) is 7.27. The van der Waals surface area contributed by atoms with Crippen molar-refractivity contribution < 1.29 is 0 Å². The van der Waals surface area contributed by atoms with Gasteiger partial charge >= 0.3 is 0 Å². The molecule has 0 aliphatic rings. The molecule has 0 aromatic carbocycles. The predicted octanol–water partition coefficient (Wildman–Crippen LogP) is 0.115. The Morgan fingerprint density at radius 1 is 1.47 bits per heavy atom. The Bertz CT molecular complexity index is 501. The van der Waals surface area contributed by atoms with Crippen molar-refractivity contribution in [3.63, 3.8) is 0 Å². The molecule has 6 heteroatoms. The highest BCUT2D eigenvalue weighted by atomic mass is 16.1. The van der Waals surface area contributed by atoms with Crippen LogP contribution in [0.2, 0.25) is 0 Å². The SMILES string of the molecule is Cn1ccnc1CNc1ncc[nH]c1=O. The van der Waals surface area contributed by atoms with Crippen molar-refractivity contribution in [2.75, 3.05) is 5.32 Å². The third kappa shape index (κ3) is 2.04. The lowest BCUT2D eigenvalue weighted by atomic mass is 10.5. The third-order valence-electron chi connectivity index (χ3n) is 2.04. The van der Waals surface area contributed by atoms with E-state index in [4.69, 9.17) is 0 Å². The summed E-state index contributed by atoms with van der Waals surface area (Å²) in [7, 11) is 1.90. The van der Waals surface area contributed by atoms with E-state index in [2.05, 4.69) is 20.3 Å². The van der Waals surface area contributed by atoms with Crippen molar-refractivity contribution in [3.05, 3.63) is 41.0 Å². The Morgan fingerprint density at radius 2 is 2.33 bits per heavy atom. The number of aryl methyl sites for hydroxylation is 1. The highest BCUT2D eigenvalue weighted by Gasteiger charge is 2.01. The predicted molar refractivity (Wildman–Crippen MR) is 55.4 cm³/mol. The van der Waals surface area contributed by atoms with Crippen LogP contribution in [0.3, 0.4) is 0 Å². The summed E-state index contributed by atoms with van der Waals surface area (Å²) >= 11 is 0. The summed E-state index contributed by atoms with van der Waals surface area (Å²) in [5.41, 5.74) is -0.230. The second-order valence-electron chi connectivity index (χ2n) is 3.07. The minimum absolute atomic E-state index is 0.230. The number of aromatic nitrogens is 4. The van der Waals surface area contributed by atoms with Gasteiger partial charge in [-0.25, -0.2) is 9.97 Å². The quantitative estimate of drug-likeness (QED) is 0.746. The molecule has 0 aliphatic heterocycles. The van der Waals surface area contributed by atoms with Crippen LogP contribution in [0.25, 0.3) is 0 Å². The summed E-state index contributed by atoms with van der Waals surface area (Å²) in [6.07, 6.45) is 6.58. The maximum absolute atomic E-state index is 11.3. The van der Waals surface area contributed by atoms with Crippen LogP contribution in [0, 0.1) is 0 Å². The largest absolute Gasteiger partial charge is 0.358 e. The summed E-state index contributed by atoms with van der Waals surface area (Å²) in [6, 6.07) is 0. The number of aromatic amines is 1. The molecule has 15 heavy (non-hydrogen) atoms. The molecule has 78 valence electrons. The van der Waals surface area contributed by atoms with Gasteiger partial charge in [-0.1, -0.05) is 0 Å². The standard InChI is InChI=1S/C9H11N5O/c1-14-5-4-10-7(14)6-13-8-9(15)12-3-2-11-8/h2-5H,6H2,1H3,(H,11,13)(H,12,15). The zero-order valence-electron chi connectivity index (χ0n) is 8.27. The van der Waals surface area contributed by atoms with Crippen LogP contribution in [0.1, 0.15) is 5.82 Å². The van der Waals surface area contributed by atoms with E-state index in [1.165, 1.54) is 12.4 Å².